The molecule has 0 fully saturated rings. The minimum atomic E-state index is -0.324. The lowest BCUT2D eigenvalue weighted by atomic mass is 10.1. The Morgan fingerprint density at radius 2 is 1.92 bits per heavy atom. The van der Waals surface area contributed by atoms with Gasteiger partial charge in [-0.05, 0) is 19.1 Å². The highest BCUT2D eigenvalue weighted by atomic mass is 35.5. The first kappa shape index (κ1) is 17.9. The molecule has 0 bridgehead atoms. The molecule has 0 saturated carbocycles. The number of ether oxygens (including phenoxy) is 3. The van der Waals surface area contributed by atoms with Crippen molar-refractivity contribution in [3.63, 3.8) is 0 Å². The van der Waals surface area contributed by atoms with Gasteiger partial charge in [0.2, 0.25) is 5.75 Å². The van der Waals surface area contributed by atoms with Gasteiger partial charge in [-0.15, -0.1) is 0 Å². The number of carbonyl (C=O) groups excluding carboxylic acids is 1. The number of hydrogen-bond donors (Lipinski definition) is 1. The quantitative estimate of drug-likeness (QED) is 0.827. The van der Waals surface area contributed by atoms with Crippen molar-refractivity contribution in [2.45, 2.75) is 20.0 Å². The van der Waals surface area contributed by atoms with Crippen LogP contribution >= 0.6 is 11.6 Å². The number of nitrogens with one attached hydrogen (secondary N) is 1. The Bertz CT molecular complexity index is 730. The van der Waals surface area contributed by atoms with E-state index in [1.54, 1.807) is 23.0 Å². The summed E-state index contributed by atoms with van der Waals surface area (Å²) in [6, 6.07) is 3.26. The van der Waals surface area contributed by atoms with Crippen molar-refractivity contribution in [1.29, 1.82) is 0 Å². The highest BCUT2D eigenvalue weighted by molar-refractivity contribution is 6.31. The maximum absolute atomic E-state index is 12.5. The first-order valence-corrected chi connectivity index (χ1v) is 7.72. The van der Waals surface area contributed by atoms with Gasteiger partial charge in [-0.25, -0.2) is 0 Å². The lowest BCUT2D eigenvalue weighted by Crippen LogP contribution is -2.24. The zero-order valence-electron chi connectivity index (χ0n) is 14.1. The number of halogens is 1. The first-order valence-electron chi connectivity index (χ1n) is 7.34. The smallest absolute Gasteiger partial charge is 0.255 e. The second-order valence-corrected chi connectivity index (χ2v) is 5.25. The molecule has 1 N–H and O–H groups in total. The molecule has 0 spiro atoms. The molecule has 1 heterocycles. The van der Waals surface area contributed by atoms with Gasteiger partial charge in [-0.1, -0.05) is 11.6 Å². The normalized spacial score (nSPS) is 10.4. The predicted octanol–water partition coefficient (Wildman–Crippen LogP) is 2.51. The second-order valence-electron chi connectivity index (χ2n) is 4.84. The predicted molar refractivity (Wildman–Crippen MR) is 90.2 cm³/mol. The molecular weight excluding hydrogens is 334 g/mol. The van der Waals surface area contributed by atoms with Crippen LogP contribution in [0.3, 0.4) is 0 Å². The van der Waals surface area contributed by atoms with Crippen molar-refractivity contribution in [3.05, 3.63) is 34.6 Å². The van der Waals surface area contributed by atoms with Crippen molar-refractivity contribution >= 4 is 17.5 Å². The highest BCUT2D eigenvalue weighted by Crippen LogP contribution is 2.39. The number of benzene rings is 1. The second kappa shape index (κ2) is 7.92. The van der Waals surface area contributed by atoms with E-state index in [1.165, 1.54) is 21.3 Å². The van der Waals surface area contributed by atoms with E-state index in [4.69, 9.17) is 25.8 Å². The van der Waals surface area contributed by atoms with Crippen LogP contribution in [-0.4, -0.2) is 37.0 Å². The Hall–Kier alpha value is -2.41. The topological polar surface area (TPSA) is 74.6 Å². The number of rotatable bonds is 7. The summed E-state index contributed by atoms with van der Waals surface area (Å²) in [7, 11) is 4.47. The molecule has 2 aromatic rings. The van der Waals surface area contributed by atoms with Gasteiger partial charge in [0.25, 0.3) is 5.91 Å². The molecule has 130 valence electrons. The third kappa shape index (κ3) is 3.56. The number of aromatic nitrogens is 2. The molecule has 0 aliphatic carbocycles. The van der Waals surface area contributed by atoms with E-state index in [1.807, 2.05) is 6.92 Å². The van der Waals surface area contributed by atoms with Crippen LogP contribution in [0, 0.1) is 0 Å². The number of aryl methyl sites for hydroxylation is 1. The molecule has 1 amide bonds. The van der Waals surface area contributed by atoms with Gasteiger partial charge in [0, 0.05) is 12.7 Å². The lowest BCUT2D eigenvalue weighted by Gasteiger charge is -2.15. The van der Waals surface area contributed by atoms with Crippen molar-refractivity contribution in [3.8, 4) is 17.2 Å². The minimum Gasteiger partial charge on any atom is -0.493 e. The molecule has 1 aromatic heterocycles. The van der Waals surface area contributed by atoms with Crippen LogP contribution in [0.2, 0.25) is 5.02 Å². The fourth-order valence-electron chi connectivity index (χ4n) is 2.26. The summed E-state index contributed by atoms with van der Waals surface area (Å²) in [4.78, 5) is 12.5. The summed E-state index contributed by atoms with van der Waals surface area (Å²) < 4.78 is 17.5. The largest absolute Gasteiger partial charge is 0.493 e. The van der Waals surface area contributed by atoms with E-state index in [9.17, 15) is 4.79 Å². The van der Waals surface area contributed by atoms with Gasteiger partial charge < -0.3 is 19.5 Å². The molecule has 0 saturated heterocycles. The van der Waals surface area contributed by atoms with Crippen LogP contribution < -0.4 is 19.5 Å². The maximum Gasteiger partial charge on any atom is 0.255 e. The summed E-state index contributed by atoms with van der Waals surface area (Å²) in [6.07, 6.45) is 1.72. The Labute approximate surface area is 145 Å². The fourth-order valence-corrected chi connectivity index (χ4v) is 2.48. The van der Waals surface area contributed by atoms with Crippen LogP contribution in [0.4, 0.5) is 0 Å². The molecule has 1 aromatic carbocycles. The van der Waals surface area contributed by atoms with E-state index >= 15 is 0 Å². The SMILES string of the molecule is CCn1cc(Cl)c(CNC(=O)c2ccc(OC)c(OC)c2OC)n1. The van der Waals surface area contributed by atoms with Crippen LogP contribution in [0.5, 0.6) is 17.2 Å². The number of carbonyl (C=O) groups is 1. The zero-order valence-corrected chi connectivity index (χ0v) is 14.8. The molecule has 7 nitrogen and oxygen atoms in total. The van der Waals surface area contributed by atoms with Gasteiger partial charge in [-0.2, -0.15) is 5.10 Å². The lowest BCUT2D eigenvalue weighted by molar-refractivity contribution is 0.0946. The average molecular weight is 354 g/mol. The number of nitrogens with zero attached hydrogens (tertiary/aromatic N) is 2. The summed E-state index contributed by atoms with van der Waals surface area (Å²) in [5.41, 5.74) is 0.938. The van der Waals surface area contributed by atoms with Crippen molar-refractivity contribution in [2.75, 3.05) is 21.3 Å². The summed E-state index contributed by atoms with van der Waals surface area (Å²) in [6.45, 7) is 2.87. The zero-order chi connectivity index (χ0) is 17.7. The van der Waals surface area contributed by atoms with Crippen LogP contribution in [-0.2, 0) is 13.1 Å². The number of hydrogen-bond acceptors (Lipinski definition) is 5. The fraction of sp³-hybridized carbons (Fsp3) is 0.375. The summed E-state index contributed by atoms with van der Waals surface area (Å²) in [5.74, 6) is 0.825. The van der Waals surface area contributed by atoms with E-state index in [0.29, 0.717) is 40.1 Å². The third-order valence-electron chi connectivity index (χ3n) is 3.48. The molecule has 0 aliphatic heterocycles. The third-order valence-corrected chi connectivity index (χ3v) is 3.79. The maximum atomic E-state index is 12.5. The number of amides is 1. The van der Waals surface area contributed by atoms with Crippen molar-refractivity contribution < 1.29 is 19.0 Å². The van der Waals surface area contributed by atoms with Gasteiger partial charge >= 0.3 is 0 Å². The molecule has 0 aliphatic rings. The van der Waals surface area contributed by atoms with Gasteiger partial charge in [0.15, 0.2) is 11.5 Å². The molecule has 0 radical (unpaired) electrons. The molecule has 0 unspecified atom stereocenters. The molecule has 8 heteroatoms. The van der Waals surface area contributed by atoms with Crippen molar-refractivity contribution in [1.82, 2.24) is 15.1 Å². The van der Waals surface area contributed by atoms with E-state index in [-0.39, 0.29) is 12.5 Å². The Morgan fingerprint density at radius 1 is 1.21 bits per heavy atom. The Morgan fingerprint density at radius 3 is 2.46 bits per heavy atom. The van der Waals surface area contributed by atoms with E-state index in [0.717, 1.165) is 0 Å². The number of methoxy groups -OCH3 is 3. The van der Waals surface area contributed by atoms with Crippen LogP contribution in [0.1, 0.15) is 23.0 Å². The molecular formula is C16H20ClN3O4. The van der Waals surface area contributed by atoms with Gasteiger partial charge in [0.1, 0.15) is 5.69 Å². The van der Waals surface area contributed by atoms with E-state index < -0.39 is 0 Å². The van der Waals surface area contributed by atoms with Gasteiger partial charge in [0.05, 0.1) is 38.5 Å². The molecule has 2 rings (SSSR count). The first-order chi connectivity index (χ1) is 11.5. The Kier molecular flexibility index (Phi) is 5.92. The molecule has 0 atom stereocenters. The summed E-state index contributed by atoms with van der Waals surface area (Å²) >= 11 is 6.10. The van der Waals surface area contributed by atoms with Crippen LogP contribution in [0.15, 0.2) is 18.3 Å². The standard InChI is InChI=1S/C16H20ClN3O4/c1-5-20-9-11(17)12(19-20)8-18-16(21)10-6-7-13(22-2)15(24-4)14(10)23-3/h6-7,9H,5,8H2,1-4H3,(H,18,21). The molecule has 24 heavy (non-hydrogen) atoms. The highest BCUT2D eigenvalue weighted by Gasteiger charge is 2.21. The van der Waals surface area contributed by atoms with Crippen molar-refractivity contribution in [2.24, 2.45) is 0 Å². The summed E-state index contributed by atoms with van der Waals surface area (Å²) in [5, 5.41) is 7.58. The van der Waals surface area contributed by atoms with Gasteiger partial charge in [-0.3, -0.25) is 9.48 Å². The Balaban J connectivity index is 2.21. The van der Waals surface area contributed by atoms with E-state index in [2.05, 4.69) is 10.4 Å². The average Bonchev–Trinajstić information content (AvgIpc) is 2.97. The minimum absolute atomic E-state index is 0.210. The monoisotopic (exact) mass is 353 g/mol. The van der Waals surface area contributed by atoms with Crippen LogP contribution in [0.25, 0.3) is 0 Å².